The Morgan fingerprint density at radius 3 is 2.52 bits per heavy atom. The van der Waals surface area contributed by atoms with Crippen molar-refractivity contribution in [3.63, 3.8) is 0 Å². The highest BCUT2D eigenvalue weighted by molar-refractivity contribution is 7.19. The molecule has 4 N–H and O–H groups in total. The summed E-state index contributed by atoms with van der Waals surface area (Å²) in [6.07, 6.45) is 2.41. The summed E-state index contributed by atoms with van der Waals surface area (Å²) in [5.74, 6) is -0.458. The van der Waals surface area contributed by atoms with Crippen LogP contribution in [0.1, 0.15) is 46.7 Å². The van der Waals surface area contributed by atoms with Crippen LogP contribution in [0.2, 0.25) is 0 Å². The van der Waals surface area contributed by atoms with Crippen LogP contribution >= 0.6 is 11.3 Å². The zero-order valence-electron chi connectivity index (χ0n) is 12.3. The Morgan fingerprint density at radius 2 is 2.05 bits per heavy atom. The Morgan fingerprint density at radius 1 is 1.38 bits per heavy atom. The number of rotatable bonds is 7. The zero-order valence-corrected chi connectivity index (χ0v) is 13.2. The van der Waals surface area contributed by atoms with Gasteiger partial charge in [-0.05, 0) is 32.6 Å². The van der Waals surface area contributed by atoms with Crippen molar-refractivity contribution in [3.05, 3.63) is 10.4 Å². The predicted octanol–water partition coefficient (Wildman–Crippen LogP) is 1.84. The molecule has 116 valence electrons. The van der Waals surface area contributed by atoms with E-state index in [1.54, 1.807) is 6.92 Å². The van der Waals surface area contributed by atoms with E-state index in [0.29, 0.717) is 10.9 Å². The molecule has 0 aliphatic heterocycles. The molecule has 0 radical (unpaired) electrons. The van der Waals surface area contributed by atoms with E-state index >= 15 is 0 Å². The Bertz CT molecular complexity index is 552. The number of nitrogens with two attached hydrogens (primary N) is 2. The third kappa shape index (κ3) is 3.29. The highest BCUT2D eigenvalue weighted by Crippen LogP contribution is 2.40. The van der Waals surface area contributed by atoms with Gasteiger partial charge in [0, 0.05) is 13.1 Å². The smallest absolute Gasteiger partial charge is 0.343 e. The molecule has 1 fully saturated rings. The van der Waals surface area contributed by atoms with E-state index < -0.39 is 11.9 Å². The van der Waals surface area contributed by atoms with Crippen LogP contribution in [0.3, 0.4) is 0 Å². The fraction of sp³-hybridized carbons (Fsp3) is 0.571. The maximum atomic E-state index is 12.2. The average molecular weight is 311 g/mol. The molecule has 1 amide bonds. The highest BCUT2D eigenvalue weighted by Gasteiger charge is 2.31. The number of primary amides is 1. The number of thiophene rings is 1. The molecule has 21 heavy (non-hydrogen) atoms. The molecule has 1 aliphatic rings. The first-order valence-corrected chi connectivity index (χ1v) is 7.95. The molecule has 0 saturated heterocycles. The van der Waals surface area contributed by atoms with Crippen molar-refractivity contribution >= 4 is 33.9 Å². The minimum Gasteiger partial charge on any atom is -0.462 e. The van der Waals surface area contributed by atoms with Gasteiger partial charge in [0.15, 0.2) is 0 Å². The summed E-state index contributed by atoms with van der Waals surface area (Å²) in [7, 11) is 0. The summed E-state index contributed by atoms with van der Waals surface area (Å²) in [6, 6.07) is 0. The fourth-order valence-corrected chi connectivity index (χ4v) is 3.34. The van der Waals surface area contributed by atoms with E-state index in [0.717, 1.165) is 13.1 Å². The van der Waals surface area contributed by atoms with Gasteiger partial charge in [0.05, 0.1) is 12.3 Å². The Hall–Kier alpha value is -1.76. The summed E-state index contributed by atoms with van der Waals surface area (Å²) >= 11 is 1.18. The van der Waals surface area contributed by atoms with E-state index in [1.165, 1.54) is 24.2 Å². The number of ether oxygens (including phenoxy) is 1. The lowest BCUT2D eigenvalue weighted by molar-refractivity contribution is 0.0529. The standard InChI is InChI=1S/C14H21N3O3S/c1-3-17(7-8-5-6-8)13-9(14(19)20-4-2)10(15)11(21-13)12(16)18/h8H,3-7,15H2,1-2H3,(H2,16,18). The lowest BCUT2D eigenvalue weighted by Crippen LogP contribution is -2.26. The van der Waals surface area contributed by atoms with Crippen molar-refractivity contribution in [1.82, 2.24) is 0 Å². The molecule has 1 saturated carbocycles. The third-order valence-corrected chi connectivity index (χ3v) is 4.76. The van der Waals surface area contributed by atoms with Crippen LogP contribution in [0, 0.1) is 5.92 Å². The molecule has 1 aliphatic carbocycles. The first-order chi connectivity index (χ1) is 9.99. The number of esters is 1. The monoisotopic (exact) mass is 311 g/mol. The largest absolute Gasteiger partial charge is 0.462 e. The van der Waals surface area contributed by atoms with Gasteiger partial charge in [0.25, 0.3) is 5.91 Å². The minimum atomic E-state index is -0.614. The molecule has 7 heteroatoms. The topological polar surface area (TPSA) is 98.6 Å². The Kier molecular flexibility index (Phi) is 4.72. The molecule has 6 nitrogen and oxygen atoms in total. The normalized spacial score (nSPS) is 14.0. The van der Waals surface area contributed by atoms with Gasteiger partial charge in [-0.25, -0.2) is 4.79 Å². The van der Waals surface area contributed by atoms with Gasteiger partial charge in [0.1, 0.15) is 15.4 Å². The number of nitrogens with zero attached hydrogens (tertiary/aromatic N) is 1. The van der Waals surface area contributed by atoms with Crippen LogP contribution in [0.5, 0.6) is 0 Å². The molecule has 0 aromatic carbocycles. The first-order valence-electron chi connectivity index (χ1n) is 7.13. The quantitative estimate of drug-likeness (QED) is 0.749. The molecule has 2 rings (SSSR count). The molecular weight excluding hydrogens is 290 g/mol. The number of hydrogen-bond acceptors (Lipinski definition) is 6. The van der Waals surface area contributed by atoms with E-state index in [1.807, 2.05) is 6.92 Å². The minimum absolute atomic E-state index is 0.134. The summed E-state index contributed by atoms with van der Waals surface area (Å²) in [6.45, 7) is 5.60. The van der Waals surface area contributed by atoms with Crippen molar-refractivity contribution in [1.29, 1.82) is 0 Å². The van der Waals surface area contributed by atoms with Crippen LogP contribution < -0.4 is 16.4 Å². The maximum absolute atomic E-state index is 12.2. The lowest BCUT2D eigenvalue weighted by atomic mass is 10.2. The van der Waals surface area contributed by atoms with Gasteiger partial charge in [-0.2, -0.15) is 0 Å². The zero-order chi connectivity index (χ0) is 15.6. The first kappa shape index (κ1) is 15.6. The number of hydrogen-bond donors (Lipinski definition) is 2. The van der Waals surface area contributed by atoms with Crippen LogP contribution in [-0.4, -0.2) is 31.6 Å². The van der Waals surface area contributed by atoms with Crippen molar-refractivity contribution in [2.24, 2.45) is 11.7 Å². The SMILES string of the molecule is CCOC(=O)c1c(N(CC)CC2CC2)sc(C(N)=O)c1N. The highest BCUT2D eigenvalue weighted by atomic mass is 32.1. The fourth-order valence-electron chi connectivity index (χ4n) is 2.21. The predicted molar refractivity (Wildman–Crippen MR) is 83.8 cm³/mol. The van der Waals surface area contributed by atoms with Gasteiger partial charge in [-0.3, -0.25) is 4.79 Å². The van der Waals surface area contributed by atoms with Crippen LogP contribution in [0.15, 0.2) is 0 Å². The van der Waals surface area contributed by atoms with E-state index in [9.17, 15) is 9.59 Å². The van der Waals surface area contributed by atoms with Gasteiger partial charge < -0.3 is 21.1 Å². The third-order valence-electron chi connectivity index (χ3n) is 3.47. The summed E-state index contributed by atoms with van der Waals surface area (Å²) in [4.78, 5) is 26.0. The van der Waals surface area contributed by atoms with Gasteiger partial charge in [-0.15, -0.1) is 11.3 Å². The number of amides is 1. The van der Waals surface area contributed by atoms with E-state index in [-0.39, 0.29) is 22.7 Å². The molecule has 1 aromatic rings. The van der Waals surface area contributed by atoms with E-state index in [2.05, 4.69) is 4.90 Å². The van der Waals surface area contributed by atoms with Crippen molar-refractivity contribution in [2.45, 2.75) is 26.7 Å². The second-order valence-electron chi connectivity index (χ2n) is 5.09. The van der Waals surface area contributed by atoms with E-state index in [4.69, 9.17) is 16.2 Å². The average Bonchev–Trinajstić information content (AvgIpc) is 3.18. The van der Waals surface area contributed by atoms with Crippen molar-refractivity contribution < 1.29 is 14.3 Å². The molecule has 0 atom stereocenters. The van der Waals surface area contributed by atoms with Crippen LogP contribution in [-0.2, 0) is 4.74 Å². The molecular formula is C14H21N3O3S. The van der Waals surface area contributed by atoms with Crippen molar-refractivity contribution in [3.8, 4) is 0 Å². The van der Waals surface area contributed by atoms with Gasteiger partial charge in [-0.1, -0.05) is 0 Å². The molecule has 0 unspecified atom stereocenters. The molecule has 0 spiro atoms. The molecule has 0 bridgehead atoms. The maximum Gasteiger partial charge on any atom is 0.343 e. The number of nitrogen functional groups attached to an aromatic ring is 1. The van der Waals surface area contributed by atoms with Crippen LogP contribution in [0.25, 0.3) is 0 Å². The van der Waals surface area contributed by atoms with Crippen LogP contribution in [0.4, 0.5) is 10.7 Å². The molecule has 1 aromatic heterocycles. The Labute approximate surface area is 128 Å². The number of carbonyl (C=O) groups excluding carboxylic acids is 2. The molecule has 1 heterocycles. The summed E-state index contributed by atoms with van der Waals surface area (Å²) in [5.41, 5.74) is 11.7. The van der Waals surface area contributed by atoms with Crippen molar-refractivity contribution in [2.75, 3.05) is 30.3 Å². The number of anilines is 2. The summed E-state index contributed by atoms with van der Waals surface area (Å²) < 4.78 is 5.07. The second kappa shape index (κ2) is 6.34. The second-order valence-corrected chi connectivity index (χ2v) is 6.09. The summed E-state index contributed by atoms with van der Waals surface area (Å²) in [5, 5.41) is 0.689. The lowest BCUT2D eigenvalue weighted by Gasteiger charge is -2.22. The number of carbonyl (C=O) groups is 2. The Balaban J connectivity index is 2.42. The van der Waals surface area contributed by atoms with Gasteiger partial charge in [0.2, 0.25) is 0 Å². The van der Waals surface area contributed by atoms with Gasteiger partial charge >= 0.3 is 5.97 Å².